The van der Waals surface area contributed by atoms with Gasteiger partial charge in [0.25, 0.3) is 5.91 Å². The number of nitrogens with zero attached hydrogens (tertiary/aromatic N) is 2. The molecule has 7 heteroatoms. The van der Waals surface area contributed by atoms with Gasteiger partial charge in [-0.2, -0.15) is 5.26 Å². The smallest absolute Gasteiger partial charge is 0.333 e. The van der Waals surface area contributed by atoms with E-state index in [-0.39, 0.29) is 5.54 Å². The van der Waals surface area contributed by atoms with Gasteiger partial charge in [-0.1, -0.05) is 6.92 Å². The number of rotatable bonds is 4. The van der Waals surface area contributed by atoms with Crippen molar-refractivity contribution in [1.29, 1.82) is 5.26 Å². The highest BCUT2D eigenvalue weighted by Gasteiger charge is 2.30. The summed E-state index contributed by atoms with van der Waals surface area (Å²) in [6.07, 6.45) is 2.43. The molecule has 0 spiro atoms. The van der Waals surface area contributed by atoms with Crippen molar-refractivity contribution in [3.63, 3.8) is 0 Å². The molecular weight excluding hydrogens is 330 g/mol. The van der Waals surface area contributed by atoms with Gasteiger partial charge in [-0.3, -0.25) is 15.1 Å². The molecule has 1 fully saturated rings. The number of hydrogen-bond donors (Lipinski definition) is 3. The Kier molecular flexibility index (Phi) is 6.58. The molecule has 0 aromatic heterocycles. The van der Waals surface area contributed by atoms with Crippen molar-refractivity contribution >= 4 is 11.9 Å². The van der Waals surface area contributed by atoms with Crippen LogP contribution in [-0.4, -0.2) is 42.0 Å². The maximum Gasteiger partial charge on any atom is 0.333 e. The lowest BCUT2D eigenvalue weighted by Gasteiger charge is -2.43. The summed E-state index contributed by atoms with van der Waals surface area (Å²) >= 11 is 0. The van der Waals surface area contributed by atoms with E-state index in [0.717, 1.165) is 13.1 Å². The number of amides is 3. The second kappa shape index (κ2) is 8.68. The lowest BCUT2D eigenvalue weighted by molar-refractivity contribution is 0.0721. The Morgan fingerprint density at radius 1 is 1.27 bits per heavy atom. The predicted octanol–water partition coefficient (Wildman–Crippen LogP) is 2.01. The first-order valence-corrected chi connectivity index (χ1v) is 8.91. The zero-order valence-electron chi connectivity index (χ0n) is 15.6. The molecule has 1 aromatic carbocycles. The fourth-order valence-corrected chi connectivity index (χ4v) is 3.07. The molecule has 0 saturated carbocycles. The van der Waals surface area contributed by atoms with Crippen molar-refractivity contribution in [3.8, 4) is 6.07 Å². The first-order valence-electron chi connectivity index (χ1n) is 8.91. The Labute approximate surface area is 154 Å². The normalized spacial score (nSPS) is 17.8. The van der Waals surface area contributed by atoms with Gasteiger partial charge < -0.3 is 5.32 Å². The van der Waals surface area contributed by atoms with Crippen molar-refractivity contribution in [2.24, 2.45) is 5.92 Å². The van der Waals surface area contributed by atoms with E-state index in [4.69, 9.17) is 5.26 Å². The van der Waals surface area contributed by atoms with Crippen LogP contribution in [0.5, 0.6) is 0 Å². The van der Waals surface area contributed by atoms with Crippen LogP contribution >= 0.6 is 0 Å². The summed E-state index contributed by atoms with van der Waals surface area (Å²) in [7, 11) is 0. The first kappa shape index (κ1) is 19.7. The molecule has 2 rings (SSSR count). The van der Waals surface area contributed by atoms with Crippen LogP contribution in [0.15, 0.2) is 24.3 Å². The van der Waals surface area contributed by atoms with Crippen LogP contribution in [0.2, 0.25) is 0 Å². The van der Waals surface area contributed by atoms with Gasteiger partial charge in [0.05, 0.1) is 11.6 Å². The van der Waals surface area contributed by atoms with Gasteiger partial charge in [0.1, 0.15) is 0 Å². The van der Waals surface area contributed by atoms with Gasteiger partial charge in [-0.25, -0.2) is 10.2 Å². The van der Waals surface area contributed by atoms with Gasteiger partial charge in [0, 0.05) is 24.2 Å². The number of carbonyl (C=O) groups is 2. The van der Waals surface area contributed by atoms with Crippen LogP contribution in [0.1, 0.15) is 49.5 Å². The Balaban J connectivity index is 1.77. The molecule has 0 aliphatic carbocycles. The molecular formula is C19H27N5O2. The minimum absolute atomic E-state index is 0.150. The number of hydrazine groups is 1. The lowest BCUT2D eigenvalue weighted by Crippen LogP contribution is -2.57. The van der Waals surface area contributed by atoms with Crippen molar-refractivity contribution < 1.29 is 9.59 Å². The Morgan fingerprint density at radius 2 is 1.96 bits per heavy atom. The van der Waals surface area contributed by atoms with Gasteiger partial charge in [0.15, 0.2) is 0 Å². The number of nitriles is 1. The summed E-state index contributed by atoms with van der Waals surface area (Å²) in [5.41, 5.74) is 5.41. The molecule has 3 amide bonds. The molecule has 1 atom stereocenters. The van der Waals surface area contributed by atoms with Gasteiger partial charge in [0.2, 0.25) is 0 Å². The average molecular weight is 357 g/mol. The largest absolute Gasteiger partial charge is 0.335 e. The average Bonchev–Trinajstić information content (AvgIpc) is 2.64. The highest BCUT2D eigenvalue weighted by molar-refractivity contribution is 5.95. The standard InChI is InChI=1S/C19H27N5O2/c1-14-5-4-10-24(12-14)19(2,3)13-21-18(26)23-22-17(25)16-8-6-15(11-20)7-9-16/h6-9,14H,4-5,10,12-13H2,1-3H3,(H,22,25)(H2,21,23,26)/t14-/m0/s1. The first-order chi connectivity index (χ1) is 12.3. The summed E-state index contributed by atoms with van der Waals surface area (Å²) in [6, 6.07) is 7.71. The number of hydrogen-bond acceptors (Lipinski definition) is 4. The molecule has 140 valence electrons. The topological polar surface area (TPSA) is 97.3 Å². The van der Waals surface area contributed by atoms with Crippen LogP contribution in [0.4, 0.5) is 4.79 Å². The summed E-state index contributed by atoms with van der Waals surface area (Å²) in [5, 5.41) is 11.6. The van der Waals surface area contributed by atoms with Gasteiger partial charge >= 0.3 is 6.03 Å². The monoisotopic (exact) mass is 357 g/mol. The maximum atomic E-state index is 12.0. The number of carbonyl (C=O) groups excluding carboxylic acids is 2. The van der Waals surface area contributed by atoms with Crippen molar-refractivity contribution in [2.75, 3.05) is 19.6 Å². The van der Waals surface area contributed by atoms with Crippen LogP contribution in [0, 0.1) is 17.2 Å². The number of nitrogens with one attached hydrogen (secondary N) is 3. The number of likely N-dealkylation sites (tertiary alicyclic amines) is 1. The molecule has 0 radical (unpaired) electrons. The van der Waals surface area contributed by atoms with E-state index in [1.807, 2.05) is 6.07 Å². The van der Waals surface area contributed by atoms with Crippen LogP contribution < -0.4 is 16.2 Å². The third kappa shape index (κ3) is 5.46. The molecule has 0 bridgehead atoms. The summed E-state index contributed by atoms with van der Waals surface area (Å²) < 4.78 is 0. The summed E-state index contributed by atoms with van der Waals surface area (Å²) in [6.45, 7) is 9.03. The Morgan fingerprint density at radius 3 is 2.58 bits per heavy atom. The maximum absolute atomic E-state index is 12.0. The second-order valence-corrected chi connectivity index (χ2v) is 7.46. The minimum Gasteiger partial charge on any atom is -0.335 e. The molecule has 3 N–H and O–H groups in total. The van der Waals surface area contributed by atoms with Crippen LogP contribution in [0.25, 0.3) is 0 Å². The van der Waals surface area contributed by atoms with E-state index in [1.54, 1.807) is 12.1 Å². The Hall–Kier alpha value is -2.59. The van der Waals surface area contributed by atoms with Gasteiger partial charge in [-0.05, 0) is 63.4 Å². The third-order valence-electron chi connectivity index (χ3n) is 4.76. The SMILES string of the molecule is C[C@H]1CCCN(C(C)(C)CNC(=O)NNC(=O)c2ccc(C#N)cc2)C1. The Bertz CT molecular complexity index is 678. The molecule has 1 heterocycles. The highest BCUT2D eigenvalue weighted by Crippen LogP contribution is 2.23. The molecule has 1 saturated heterocycles. The molecule has 7 nitrogen and oxygen atoms in total. The minimum atomic E-state index is -0.454. The molecule has 26 heavy (non-hydrogen) atoms. The lowest BCUT2D eigenvalue weighted by atomic mass is 9.93. The number of benzene rings is 1. The zero-order chi connectivity index (χ0) is 19.2. The fraction of sp³-hybridized carbons (Fsp3) is 0.526. The van der Waals surface area contributed by atoms with Crippen LogP contribution in [-0.2, 0) is 0 Å². The zero-order valence-corrected chi connectivity index (χ0v) is 15.6. The van der Waals surface area contributed by atoms with Crippen molar-refractivity contribution in [1.82, 2.24) is 21.1 Å². The summed E-state index contributed by atoms with van der Waals surface area (Å²) in [5.74, 6) is 0.234. The van der Waals surface area contributed by atoms with E-state index in [9.17, 15) is 9.59 Å². The molecule has 1 aliphatic heterocycles. The van der Waals surface area contributed by atoms with Crippen LogP contribution in [0.3, 0.4) is 0 Å². The highest BCUT2D eigenvalue weighted by atomic mass is 16.2. The van der Waals surface area contributed by atoms with E-state index in [2.05, 4.69) is 41.8 Å². The molecule has 1 aliphatic rings. The molecule has 0 unspecified atom stereocenters. The van der Waals surface area contributed by atoms with E-state index >= 15 is 0 Å². The van der Waals surface area contributed by atoms with E-state index in [1.165, 1.54) is 25.0 Å². The van der Waals surface area contributed by atoms with E-state index < -0.39 is 11.9 Å². The van der Waals surface area contributed by atoms with E-state index in [0.29, 0.717) is 23.6 Å². The van der Waals surface area contributed by atoms with Gasteiger partial charge in [-0.15, -0.1) is 0 Å². The van der Waals surface area contributed by atoms with Crippen molar-refractivity contribution in [2.45, 2.75) is 39.2 Å². The predicted molar refractivity (Wildman–Crippen MR) is 99.2 cm³/mol. The number of urea groups is 1. The number of piperidine rings is 1. The quantitative estimate of drug-likeness (QED) is 0.718. The third-order valence-corrected chi connectivity index (χ3v) is 4.76. The second-order valence-electron chi connectivity index (χ2n) is 7.46. The summed E-state index contributed by atoms with van der Waals surface area (Å²) in [4.78, 5) is 26.4. The fourth-order valence-electron chi connectivity index (χ4n) is 3.07. The van der Waals surface area contributed by atoms with Crippen molar-refractivity contribution in [3.05, 3.63) is 35.4 Å². The molecule has 1 aromatic rings.